The second-order valence-corrected chi connectivity index (χ2v) is 8.24. The van der Waals surface area contributed by atoms with Crippen molar-refractivity contribution >= 4 is 40.8 Å². The average Bonchev–Trinajstić information content (AvgIpc) is 2.80. The van der Waals surface area contributed by atoms with Crippen molar-refractivity contribution in [2.75, 3.05) is 36.4 Å². The first-order valence-corrected chi connectivity index (χ1v) is 11.9. The maximum atomic E-state index is 13.2. The minimum absolute atomic E-state index is 0.170. The second-order valence-electron chi connectivity index (χ2n) is 7.49. The lowest BCUT2D eigenvalue weighted by Gasteiger charge is -2.23. The number of hydrogen-bond donors (Lipinski definition) is 2. The van der Waals surface area contributed by atoms with Crippen LogP contribution in [-0.2, 0) is 27.2 Å². The van der Waals surface area contributed by atoms with Crippen LogP contribution in [-0.4, -0.2) is 55.4 Å². The number of amides is 1. The molecule has 6 nitrogen and oxygen atoms in total. The Morgan fingerprint density at radius 1 is 1.00 bits per heavy atom. The molecule has 0 fully saturated rings. The topological polar surface area (TPSA) is 84.7 Å². The van der Waals surface area contributed by atoms with Gasteiger partial charge in [-0.2, -0.15) is 0 Å². The van der Waals surface area contributed by atoms with E-state index in [4.69, 9.17) is 33.7 Å². The number of alkyl halides is 2. The Labute approximate surface area is 204 Å². The fourth-order valence-electron chi connectivity index (χ4n) is 3.33. The van der Waals surface area contributed by atoms with Gasteiger partial charge in [-0.1, -0.05) is 24.3 Å². The molecule has 2 aromatic rings. The van der Waals surface area contributed by atoms with Crippen molar-refractivity contribution in [3.63, 3.8) is 0 Å². The fraction of sp³-hybridized carbons (Fsp3) is 0.417. The van der Waals surface area contributed by atoms with E-state index >= 15 is 0 Å². The van der Waals surface area contributed by atoms with E-state index in [2.05, 4.69) is 10.2 Å². The summed E-state index contributed by atoms with van der Waals surface area (Å²) in [5.41, 5.74) is 8.68. The highest BCUT2D eigenvalue weighted by molar-refractivity contribution is 6.18. The van der Waals surface area contributed by atoms with E-state index in [0.29, 0.717) is 36.8 Å². The summed E-state index contributed by atoms with van der Waals surface area (Å²) in [6.07, 6.45) is 0.465. The molecule has 2 atom stereocenters. The summed E-state index contributed by atoms with van der Waals surface area (Å²) in [7, 11) is 0. The molecule has 0 bridgehead atoms. The Morgan fingerprint density at radius 3 is 2.09 bits per heavy atom. The predicted molar refractivity (Wildman–Crippen MR) is 130 cm³/mol. The van der Waals surface area contributed by atoms with Gasteiger partial charge in [0.05, 0.1) is 12.6 Å². The number of carbonyl (C=O) groups excluding carboxylic acids is 2. The van der Waals surface area contributed by atoms with Crippen LogP contribution in [0.3, 0.4) is 0 Å². The maximum Gasteiger partial charge on any atom is 0.328 e. The highest BCUT2D eigenvalue weighted by Crippen LogP contribution is 2.16. The standard InChI is InChI=1S/C24H30Cl2FN3O3/c1-2-33-24(32)22(16-18-3-7-19(27)8-4-18)29-23(31)21(28)15-17-5-9-20(10-6-17)30(13-11-25)14-12-26/h3-10,21-22H,2,11-16,28H2,1H3,(H,29,31)/t21-,22?/m1/s1. The van der Waals surface area contributed by atoms with Crippen molar-refractivity contribution in [1.82, 2.24) is 5.32 Å². The normalized spacial score (nSPS) is 12.6. The maximum absolute atomic E-state index is 13.2. The molecule has 0 spiro atoms. The minimum atomic E-state index is -0.920. The zero-order valence-electron chi connectivity index (χ0n) is 18.6. The van der Waals surface area contributed by atoms with Gasteiger partial charge in [0.25, 0.3) is 0 Å². The Balaban J connectivity index is 2.02. The van der Waals surface area contributed by atoms with Gasteiger partial charge in [-0.15, -0.1) is 23.2 Å². The molecule has 33 heavy (non-hydrogen) atoms. The monoisotopic (exact) mass is 497 g/mol. The molecule has 2 rings (SSSR count). The summed E-state index contributed by atoms with van der Waals surface area (Å²) < 4.78 is 18.3. The lowest BCUT2D eigenvalue weighted by Crippen LogP contribution is -2.50. The summed E-state index contributed by atoms with van der Waals surface area (Å²) in [6.45, 7) is 3.22. The second kappa shape index (κ2) is 14.0. The number of esters is 1. The summed E-state index contributed by atoms with van der Waals surface area (Å²) in [5.74, 6) is -0.431. The van der Waals surface area contributed by atoms with Gasteiger partial charge in [-0.25, -0.2) is 9.18 Å². The molecular formula is C24H30Cl2FN3O3. The van der Waals surface area contributed by atoms with Crippen molar-refractivity contribution in [1.29, 1.82) is 0 Å². The summed E-state index contributed by atoms with van der Waals surface area (Å²) >= 11 is 11.7. The molecule has 180 valence electrons. The predicted octanol–water partition coefficient (Wildman–Crippen LogP) is 3.27. The smallest absolute Gasteiger partial charge is 0.328 e. The fourth-order valence-corrected chi connectivity index (χ4v) is 3.74. The molecule has 3 N–H and O–H groups in total. The zero-order valence-corrected chi connectivity index (χ0v) is 20.1. The van der Waals surface area contributed by atoms with E-state index in [9.17, 15) is 14.0 Å². The van der Waals surface area contributed by atoms with Crippen LogP contribution in [0.25, 0.3) is 0 Å². The van der Waals surface area contributed by atoms with E-state index in [1.54, 1.807) is 19.1 Å². The van der Waals surface area contributed by atoms with Crippen LogP contribution in [0.5, 0.6) is 0 Å². The van der Waals surface area contributed by atoms with Crippen LogP contribution < -0.4 is 16.0 Å². The SMILES string of the molecule is CCOC(=O)C(Cc1ccc(F)cc1)NC(=O)[C@H](N)Cc1ccc(N(CCCl)CCCl)cc1. The molecule has 0 aromatic heterocycles. The lowest BCUT2D eigenvalue weighted by molar-refractivity contribution is -0.147. The molecule has 0 heterocycles. The number of ether oxygens (including phenoxy) is 1. The molecule has 2 aromatic carbocycles. The molecule has 0 saturated carbocycles. The van der Waals surface area contributed by atoms with Gasteiger partial charge in [0.1, 0.15) is 11.9 Å². The number of halogens is 3. The number of rotatable bonds is 13. The number of nitrogens with zero attached hydrogens (tertiary/aromatic N) is 1. The van der Waals surface area contributed by atoms with Crippen LogP contribution in [0.1, 0.15) is 18.1 Å². The lowest BCUT2D eigenvalue weighted by atomic mass is 10.0. The number of benzene rings is 2. The van der Waals surface area contributed by atoms with Crippen molar-refractivity contribution in [2.24, 2.45) is 5.73 Å². The Hall–Kier alpha value is -2.35. The first-order chi connectivity index (χ1) is 15.9. The van der Waals surface area contributed by atoms with Gasteiger partial charge in [-0.3, -0.25) is 4.79 Å². The Morgan fingerprint density at radius 2 is 1.55 bits per heavy atom. The third-order valence-corrected chi connectivity index (χ3v) is 5.38. The van der Waals surface area contributed by atoms with Gasteiger partial charge in [0, 0.05) is 37.0 Å². The molecule has 0 aliphatic heterocycles. The molecule has 1 unspecified atom stereocenters. The van der Waals surface area contributed by atoms with Gasteiger partial charge >= 0.3 is 5.97 Å². The number of nitrogens with two attached hydrogens (primary N) is 1. The van der Waals surface area contributed by atoms with Gasteiger partial charge < -0.3 is 20.7 Å². The molecule has 1 amide bonds. The number of anilines is 1. The first-order valence-electron chi connectivity index (χ1n) is 10.8. The molecule has 0 aliphatic rings. The third-order valence-electron chi connectivity index (χ3n) is 5.04. The third kappa shape index (κ3) is 8.84. The van der Waals surface area contributed by atoms with Crippen LogP contribution in [0.4, 0.5) is 10.1 Å². The molecule has 0 saturated heterocycles. The van der Waals surface area contributed by atoms with E-state index in [1.165, 1.54) is 12.1 Å². The van der Waals surface area contributed by atoms with Crippen LogP contribution in [0, 0.1) is 5.82 Å². The van der Waals surface area contributed by atoms with Crippen LogP contribution in [0.15, 0.2) is 48.5 Å². The van der Waals surface area contributed by atoms with E-state index in [1.807, 2.05) is 24.3 Å². The average molecular weight is 498 g/mol. The van der Waals surface area contributed by atoms with Crippen molar-refractivity contribution < 1.29 is 18.7 Å². The van der Waals surface area contributed by atoms with Gasteiger partial charge in [0.2, 0.25) is 5.91 Å². The summed E-state index contributed by atoms with van der Waals surface area (Å²) in [5, 5.41) is 2.68. The largest absolute Gasteiger partial charge is 0.464 e. The highest BCUT2D eigenvalue weighted by atomic mass is 35.5. The highest BCUT2D eigenvalue weighted by Gasteiger charge is 2.25. The van der Waals surface area contributed by atoms with Crippen LogP contribution in [0.2, 0.25) is 0 Å². The van der Waals surface area contributed by atoms with Crippen molar-refractivity contribution in [2.45, 2.75) is 31.8 Å². The van der Waals surface area contributed by atoms with Crippen LogP contribution >= 0.6 is 23.2 Å². The van der Waals surface area contributed by atoms with Gasteiger partial charge in [-0.05, 0) is 48.7 Å². The quantitative estimate of drug-likeness (QED) is 0.327. The number of carbonyl (C=O) groups is 2. The first kappa shape index (κ1) is 26.9. The van der Waals surface area contributed by atoms with E-state index < -0.39 is 24.0 Å². The van der Waals surface area contributed by atoms with E-state index in [0.717, 1.165) is 11.3 Å². The van der Waals surface area contributed by atoms with Crippen molar-refractivity contribution in [3.05, 3.63) is 65.5 Å². The summed E-state index contributed by atoms with van der Waals surface area (Å²) in [6, 6.07) is 11.6. The molecular weight excluding hydrogens is 468 g/mol. The Bertz CT molecular complexity index is 876. The zero-order chi connectivity index (χ0) is 24.2. The van der Waals surface area contributed by atoms with Crippen molar-refractivity contribution in [3.8, 4) is 0 Å². The summed E-state index contributed by atoms with van der Waals surface area (Å²) in [4.78, 5) is 27.2. The molecule has 0 radical (unpaired) electrons. The Kier molecular flexibility index (Phi) is 11.4. The molecule has 0 aliphatic carbocycles. The number of nitrogens with one attached hydrogen (secondary N) is 1. The molecule has 9 heteroatoms. The van der Waals surface area contributed by atoms with E-state index in [-0.39, 0.29) is 18.8 Å². The van der Waals surface area contributed by atoms with Gasteiger partial charge in [0.15, 0.2) is 0 Å². The minimum Gasteiger partial charge on any atom is -0.464 e. The number of hydrogen-bond acceptors (Lipinski definition) is 5.